The van der Waals surface area contributed by atoms with Gasteiger partial charge in [0.1, 0.15) is 0 Å². The molecule has 2 unspecified atom stereocenters. The molecule has 0 spiro atoms. The van der Waals surface area contributed by atoms with E-state index in [0.29, 0.717) is 5.56 Å². The molecule has 0 radical (unpaired) electrons. The van der Waals surface area contributed by atoms with Gasteiger partial charge in [0, 0.05) is 17.6 Å². The van der Waals surface area contributed by atoms with Crippen molar-refractivity contribution in [3.63, 3.8) is 0 Å². The first-order valence-electron chi connectivity index (χ1n) is 5.66. The monoisotopic (exact) mass is 236 g/mol. The first kappa shape index (κ1) is 11.7. The zero-order valence-corrected chi connectivity index (χ0v) is 9.39. The minimum absolute atomic E-state index is 0.00144. The molecule has 1 fully saturated rings. The summed E-state index contributed by atoms with van der Waals surface area (Å²) in [5.74, 6) is -0.810. The van der Waals surface area contributed by atoms with Crippen molar-refractivity contribution in [3.8, 4) is 11.5 Å². The first-order chi connectivity index (χ1) is 8.08. The van der Waals surface area contributed by atoms with E-state index in [0.717, 1.165) is 19.3 Å². The van der Waals surface area contributed by atoms with E-state index >= 15 is 0 Å². The van der Waals surface area contributed by atoms with Crippen LogP contribution in [0.3, 0.4) is 0 Å². The Morgan fingerprint density at radius 3 is 2.65 bits per heavy atom. The number of nitrogens with one attached hydrogen (secondary N) is 1. The number of carbonyl (C=O) groups is 1. The van der Waals surface area contributed by atoms with E-state index in [1.165, 1.54) is 18.2 Å². The second-order valence-corrected chi connectivity index (χ2v) is 4.38. The number of nitrogens with two attached hydrogens (primary N) is 1. The zero-order valence-electron chi connectivity index (χ0n) is 9.39. The highest BCUT2D eigenvalue weighted by Gasteiger charge is 2.25. The number of hydrogen-bond donors (Lipinski definition) is 4. The minimum atomic E-state index is -0.298. The third-order valence-electron chi connectivity index (χ3n) is 3.12. The van der Waals surface area contributed by atoms with E-state index in [1.807, 2.05) is 0 Å². The Labute approximate surface area is 99.3 Å². The van der Waals surface area contributed by atoms with Gasteiger partial charge < -0.3 is 21.3 Å². The van der Waals surface area contributed by atoms with E-state index in [1.54, 1.807) is 0 Å². The standard InChI is InChI=1S/C12H16N2O3/c13-8-2-1-3-9(8)14-12(17)7-4-5-10(15)11(16)6-7/h4-6,8-9,15-16H,1-3,13H2,(H,14,17). The first-order valence-corrected chi connectivity index (χ1v) is 5.66. The molecule has 1 amide bonds. The second-order valence-electron chi connectivity index (χ2n) is 4.38. The van der Waals surface area contributed by atoms with E-state index in [2.05, 4.69) is 5.32 Å². The summed E-state index contributed by atoms with van der Waals surface area (Å²) in [5.41, 5.74) is 6.17. The molecule has 0 aromatic heterocycles. The molecule has 0 saturated heterocycles. The van der Waals surface area contributed by atoms with Crippen LogP contribution in [0.1, 0.15) is 29.6 Å². The Balaban J connectivity index is 2.06. The zero-order chi connectivity index (χ0) is 12.4. The number of carbonyl (C=O) groups excluding carboxylic acids is 1. The van der Waals surface area contributed by atoms with Crippen molar-refractivity contribution in [1.29, 1.82) is 0 Å². The van der Waals surface area contributed by atoms with Crippen LogP contribution in [-0.4, -0.2) is 28.2 Å². The number of phenols is 2. The number of hydrogen-bond acceptors (Lipinski definition) is 4. The van der Waals surface area contributed by atoms with Crippen LogP contribution in [0.15, 0.2) is 18.2 Å². The van der Waals surface area contributed by atoms with Gasteiger partial charge >= 0.3 is 0 Å². The Kier molecular flexibility index (Phi) is 3.19. The van der Waals surface area contributed by atoms with Gasteiger partial charge in [-0.05, 0) is 37.5 Å². The predicted octanol–water partition coefficient (Wildman–Crippen LogP) is 0.707. The molecule has 0 aliphatic heterocycles. The maximum Gasteiger partial charge on any atom is 0.251 e. The van der Waals surface area contributed by atoms with Crippen LogP contribution in [0.25, 0.3) is 0 Å². The van der Waals surface area contributed by atoms with Crippen LogP contribution >= 0.6 is 0 Å². The normalized spacial score (nSPS) is 23.6. The SMILES string of the molecule is NC1CCCC1NC(=O)c1ccc(O)c(O)c1. The Bertz CT molecular complexity index is 434. The molecule has 92 valence electrons. The molecular weight excluding hydrogens is 220 g/mol. The Morgan fingerprint density at radius 2 is 2.06 bits per heavy atom. The van der Waals surface area contributed by atoms with E-state index in [4.69, 9.17) is 10.8 Å². The molecule has 1 aromatic rings. The molecular formula is C12H16N2O3. The molecule has 1 aliphatic rings. The smallest absolute Gasteiger partial charge is 0.251 e. The van der Waals surface area contributed by atoms with Crippen molar-refractivity contribution in [2.45, 2.75) is 31.3 Å². The van der Waals surface area contributed by atoms with Gasteiger partial charge in [-0.2, -0.15) is 0 Å². The largest absolute Gasteiger partial charge is 0.504 e. The van der Waals surface area contributed by atoms with Gasteiger partial charge in [-0.15, -0.1) is 0 Å². The molecule has 17 heavy (non-hydrogen) atoms. The summed E-state index contributed by atoms with van der Waals surface area (Å²) in [6.07, 6.45) is 2.83. The van der Waals surface area contributed by atoms with Crippen LogP contribution in [0.5, 0.6) is 11.5 Å². The molecule has 1 aromatic carbocycles. The van der Waals surface area contributed by atoms with Crippen LogP contribution in [0.4, 0.5) is 0 Å². The van der Waals surface area contributed by atoms with Crippen molar-refractivity contribution < 1.29 is 15.0 Å². The topological polar surface area (TPSA) is 95.6 Å². The fourth-order valence-electron chi connectivity index (χ4n) is 2.08. The van der Waals surface area contributed by atoms with Crippen LogP contribution in [-0.2, 0) is 0 Å². The fourth-order valence-corrected chi connectivity index (χ4v) is 2.08. The summed E-state index contributed by atoms with van der Waals surface area (Å²) >= 11 is 0. The quantitative estimate of drug-likeness (QED) is 0.569. The average Bonchev–Trinajstić information content (AvgIpc) is 2.68. The number of amides is 1. The molecule has 5 heteroatoms. The van der Waals surface area contributed by atoms with Crippen LogP contribution in [0, 0.1) is 0 Å². The molecule has 0 bridgehead atoms. The maximum absolute atomic E-state index is 11.9. The average molecular weight is 236 g/mol. The molecule has 5 N–H and O–H groups in total. The molecule has 2 rings (SSSR count). The van der Waals surface area contributed by atoms with Crippen LogP contribution < -0.4 is 11.1 Å². The van der Waals surface area contributed by atoms with E-state index < -0.39 is 0 Å². The minimum Gasteiger partial charge on any atom is -0.504 e. The second kappa shape index (κ2) is 4.63. The van der Waals surface area contributed by atoms with Crippen molar-refractivity contribution in [2.24, 2.45) is 5.73 Å². The van der Waals surface area contributed by atoms with Crippen molar-refractivity contribution >= 4 is 5.91 Å². The van der Waals surface area contributed by atoms with Gasteiger partial charge in [0.15, 0.2) is 11.5 Å². The van der Waals surface area contributed by atoms with Crippen LogP contribution in [0.2, 0.25) is 0 Å². The summed E-state index contributed by atoms with van der Waals surface area (Å²) < 4.78 is 0. The van der Waals surface area contributed by atoms with Gasteiger partial charge in [0.25, 0.3) is 5.91 Å². The highest BCUT2D eigenvalue weighted by atomic mass is 16.3. The van der Waals surface area contributed by atoms with Gasteiger partial charge in [-0.3, -0.25) is 4.79 Å². The number of aromatic hydroxyl groups is 2. The number of rotatable bonds is 2. The molecule has 1 aliphatic carbocycles. The molecule has 0 heterocycles. The highest BCUT2D eigenvalue weighted by molar-refractivity contribution is 5.95. The predicted molar refractivity (Wildman–Crippen MR) is 62.9 cm³/mol. The third kappa shape index (κ3) is 2.50. The van der Waals surface area contributed by atoms with Crippen molar-refractivity contribution in [1.82, 2.24) is 5.32 Å². The summed E-state index contributed by atoms with van der Waals surface area (Å²) in [6, 6.07) is 4.00. The third-order valence-corrected chi connectivity index (χ3v) is 3.12. The number of benzene rings is 1. The van der Waals surface area contributed by atoms with Gasteiger partial charge in [0.05, 0.1) is 0 Å². The van der Waals surface area contributed by atoms with Gasteiger partial charge in [-0.25, -0.2) is 0 Å². The summed E-state index contributed by atoms with van der Waals surface area (Å²) in [4.78, 5) is 11.9. The lowest BCUT2D eigenvalue weighted by molar-refractivity contribution is 0.0934. The lowest BCUT2D eigenvalue weighted by Crippen LogP contribution is -2.43. The Hall–Kier alpha value is -1.75. The van der Waals surface area contributed by atoms with E-state index in [9.17, 15) is 9.90 Å². The van der Waals surface area contributed by atoms with E-state index in [-0.39, 0.29) is 29.5 Å². The molecule has 5 nitrogen and oxygen atoms in total. The lowest BCUT2D eigenvalue weighted by atomic mass is 10.1. The van der Waals surface area contributed by atoms with Gasteiger partial charge in [-0.1, -0.05) is 0 Å². The Morgan fingerprint density at radius 1 is 1.29 bits per heavy atom. The van der Waals surface area contributed by atoms with Crippen molar-refractivity contribution in [3.05, 3.63) is 23.8 Å². The summed E-state index contributed by atoms with van der Waals surface area (Å²) in [5, 5.41) is 21.3. The lowest BCUT2D eigenvalue weighted by Gasteiger charge is -2.17. The number of phenolic OH excluding ortho intramolecular Hbond substituents is 2. The highest BCUT2D eigenvalue weighted by Crippen LogP contribution is 2.25. The summed E-state index contributed by atoms with van der Waals surface area (Å²) in [7, 11) is 0. The summed E-state index contributed by atoms with van der Waals surface area (Å²) in [6.45, 7) is 0. The molecule has 1 saturated carbocycles. The maximum atomic E-state index is 11.9. The van der Waals surface area contributed by atoms with Gasteiger partial charge in [0.2, 0.25) is 0 Å². The fraction of sp³-hybridized carbons (Fsp3) is 0.417. The molecule has 2 atom stereocenters. The van der Waals surface area contributed by atoms with Crippen molar-refractivity contribution in [2.75, 3.05) is 0 Å².